The third-order valence-corrected chi connectivity index (χ3v) is 10.3. The Hall–Kier alpha value is -1.12. The van der Waals surface area contributed by atoms with Crippen LogP contribution in [0.25, 0.3) is 0 Å². The van der Waals surface area contributed by atoms with Gasteiger partial charge in [-0.05, 0) is 68.2 Å². The molecule has 1 atom stereocenters. The number of anilines is 2. The fraction of sp³-hybridized carbons (Fsp3) is 0.391. The van der Waals surface area contributed by atoms with Gasteiger partial charge in [0.1, 0.15) is 5.37 Å². The lowest BCUT2D eigenvalue weighted by Gasteiger charge is -2.27. The lowest BCUT2D eigenvalue weighted by atomic mass is 10.2. The minimum atomic E-state index is -4.01. The number of rotatable bonds is 11. The first kappa shape index (κ1) is 28.9. The van der Waals surface area contributed by atoms with Crippen LogP contribution in [0.3, 0.4) is 0 Å². The summed E-state index contributed by atoms with van der Waals surface area (Å²) >= 11 is 15.8. The highest BCUT2D eigenvalue weighted by Gasteiger charge is 2.32. The van der Waals surface area contributed by atoms with Gasteiger partial charge in [-0.1, -0.05) is 46.7 Å². The zero-order valence-corrected chi connectivity index (χ0v) is 24.4. The molecule has 14 heteroatoms. The van der Waals surface area contributed by atoms with E-state index in [1.807, 2.05) is 36.4 Å². The first-order valence-electron chi connectivity index (χ1n) is 11.5. The summed E-state index contributed by atoms with van der Waals surface area (Å²) in [6.07, 6.45) is 3.91. The highest BCUT2D eigenvalue weighted by atomic mass is 35.5. The number of unbranched alkanes of at least 4 members (excludes halogenated alkanes) is 2. The van der Waals surface area contributed by atoms with E-state index in [4.69, 9.17) is 32.3 Å². The third-order valence-electron chi connectivity index (χ3n) is 5.85. The first-order chi connectivity index (χ1) is 17.4. The van der Waals surface area contributed by atoms with Gasteiger partial charge in [-0.2, -0.15) is 16.8 Å². The van der Waals surface area contributed by atoms with E-state index >= 15 is 0 Å². The van der Waals surface area contributed by atoms with E-state index in [2.05, 4.69) is 15.9 Å². The Kier molecular flexibility index (Phi) is 9.33. The summed E-state index contributed by atoms with van der Waals surface area (Å²) in [4.78, 5) is 6.39. The molecular formula is C23H26Cl2N2O6S4. The molecular weight excluding hydrogens is 599 g/mol. The maximum Gasteiger partial charge on any atom is 0.264 e. The van der Waals surface area contributed by atoms with E-state index in [9.17, 15) is 16.8 Å². The Morgan fingerprint density at radius 3 is 2.00 bits per heavy atom. The Labute approximate surface area is 235 Å². The lowest BCUT2D eigenvalue weighted by molar-refractivity contribution is 0.478. The van der Waals surface area contributed by atoms with Crippen LogP contribution in [0.1, 0.15) is 25.7 Å². The highest BCUT2D eigenvalue weighted by molar-refractivity contribution is 8.04. The zero-order chi connectivity index (χ0) is 26.8. The topological polar surface area (TPSA) is 115 Å². The van der Waals surface area contributed by atoms with E-state index in [1.165, 1.54) is 0 Å². The summed E-state index contributed by atoms with van der Waals surface area (Å²) in [6, 6.07) is 11.4. The molecule has 4 rings (SSSR count). The summed E-state index contributed by atoms with van der Waals surface area (Å²) in [5, 5.41) is 2.09. The second-order valence-electron chi connectivity index (χ2n) is 8.67. The van der Waals surface area contributed by atoms with E-state index in [1.54, 1.807) is 23.5 Å². The number of halogens is 2. The molecule has 2 aliphatic heterocycles. The zero-order valence-electron chi connectivity index (χ0n) is 19.6. The molecule has 8 nitrogen and oxygen atoms in total. The smallest absolute Gasteiger partial charge is 0.264 e. The second kappa shape index (κ2) is 12.0. The second-order valence-corrected chi connectivity index (χ2v) is 14.9. The van der Waals surface area contributed by atoms with Crippen molar-refractivity contribution in [1.29, 1.82) is 0 Å². The first-order valence-corrected chi connectivity index (χ1v) is 17.2. The van der Waals surface area contributed by atoms with E-state index < -0.39 is 20.2 Å². The Morgan fingerprint density at radius 1 is 0.811 bits per heavy atom. The van der Waals surface area contributed by atoms with Crippen molar-refractivity contribution in [1.82, 2.24) is 0 Å². The average molecular weight is 626 g/mol. The van der Waals surface area contributed by atoms with Crippen LogP contribution in [0.2, 0.25) is 10.0 Å². The molecule has 2 heterocycles. The Morgan fingerprint density at radius 2 is 1.38 bits per heavy atom. The quantitative estimate of drug-likeness (QED) is 0.227. The average Bonchev–Trinajstić information content (AvgIpc) is 3.30. The Balaban J connectivity index is 1.57. The number of benzene rings is 2. The molecule has 0 aromatic heterocycles. The molecule has 0 amide bonds. The standard InChI is InChI=1S/C23H26Cl2N2O6S4/c24-16-5-7-20-18(13-16)26(9-1-3-11-36(28,29)30)22(34-20)15-23-27(10-2-4-12-37(31,32)33)19-14-17(25)6-8-21(19)35-23/h5-8,13-15,22H,1-4,9-12H2,(H,28,29,30)(H,31,32,33). The van der Waals surface area contributed by atoms with Crippen molar-refractivity contribution in [2.24, 2.45) is 0 Å². The van der Waals surface area contributed by atoms with Gasteiger partial charge in [0, 0.05) is 32.9 Å². The molecule has 202 valence electrons. The van der Waals surface area contributed by atoms with Crippen LogP contribution in [-0.2, 0) is 20.2 Å². The van der Waals surface area contributed by atoms with Crippen LogP contribution in [-0.4, -0.2) is 55.9 Å². The van der Waals surface area contributed by atoms with Crippen molar-refractivity contribution in [3.8, 4) is 0 Å². The summed E-state index contributed by atoms with van der Waals surface area (Å²) in [6.45, 7) is 1.12. The molecule has 0 aliphatic carbocycles. The normalized spacial score (nSPS) is 18.5. The third kappa shape index (κ3) is 7.95. The molecule has 0 bridgehead atoms. The van der Waals surface area contributed by atoms with Crippen molar-refractivity contribution in [3.05, 3.63) is 57.5 Å². The van der Waals surface area contributed by atoms with E-state index in [0.29, 0.717) is 48.8 Å². The SMILES string of the molecule is O=S(=O)(O)CCCCN1C(=CC2Sc3ccc(Cl)cc3N2CCCCS(=O)(=O)O)Sc2ccc(Cl)cc21. The molecule has 0 radical (unpaired) electrons. The fourth-order valence-corrected chi connectivity index (χ4v) is 8.12. The van der Waals surface area contributed by atoms with Gasteiger partial charge in [0.15, 0.2) is 0 Å². The maximum atomic E-state index is 11.1. The van der Waals surface area contributed by atoms with Crippen molar-refractivity contribution in [2.75, 3.05) is 34.4 Å². The molecule has 2 aliphatic rings. The molecule has 1 unspecified atom stereocenters. The van der Waals surface area contributed by atoms with Crippen LogP contribution in [0, 0.1) is 0 Å². The maximum absolute atomic E-state index is 11.1. The van der Waals surface area contributed by atoms with Crippen molar-refractivity contribution in [2.45, 2.75) is 40.8 Å². The predicted molar refractivity (Wildman–Crippen MR) is 152 cm³/mol. The van der Waals surface area contributed by atoms with Gasteiger partial charge in [-0.3, -0.25) is 9.11 Å². The summed E-state index contributed by atoms with van der Waals surface area (Å²) < 4.78 is 62.7. The van der Waals surface area contributed by atoms with Crippen LogP contribution in [0.15, 0.2) is 57.3 Å². The molecule has 2 aromatic carbocycles. The largest absolute Gasteiger partial charge is 0.355 e. The van der Waals surface area contributed by atoms with E-state index in [-0.39, 0.29) is 16.9 Å². The van der Waals surface area contributed by atoms with Crippen LogP contribution < -0.4 is 9.80 Å². The number of nitrogens with zero attached hydrogens (tertiary/aromatic N) is 2. The molecule has 0 spiro atoms. The van der Waals surface area contributed by atoms with Gasteiger partial charge in [0.25, 0.3) is 20.2 Å². The molecule has 37 heavy (non-hydrogen) atoms. The predicted octanol–water partition coefficient (Wildman–Crippen LogP) is 6.02. The molecule has 0 saturated carbocycles. The molecule has 0 saturated heterocycles. The van der Waals surface area contributed by atoms with Crippen LogP contribution in [0.4, 0.5) is 11.4 Å². The highest BCUT2D eigenvalue weighted by Crippen LogP contribution is 2.50. The molecule has 2 aromatic rings. The van der Waals surface area contributed by atoms with Crippen molar-refractivity contribution >= 4 is 78.3 Å². The van der Waals surface area contributed by atoms with Gasteiger partial charge in [-0.15, -0.1) is 0 Å². The van der Waals surface area contributed by atoms with Gasteiger partial charge >= 0.3 is 0 Å². The number of hydrogen-bond donors (Lipinski definition) is 2. The Bertz CT molecular complexity index is 1400. The van der Waals surface area contributed by atoms with Crippen LogP contribution >= 0.6 is 46.7 Å². The number of hydrogen-bond acceptors (Lipinski definition) is 8. The minimum absolute atomic E-state index is 0.0909. The number of thioether (sulfide) groups is 2. The van der Waals surface area contributed by atoms with Gasteiger partial charge in [0.05, 0.1) is 27.9 Å². The molecule has 0 fully saturated rings. The van der Waals surface area contributed by atoms with Crippen LogP contribution in [0.5, 0.6) is 0 Å². The lowest BCUT2D eigenvalue weighted by Crippen LogP contribution is -2.30. The van der Waals surface area contributed by atoms with Crippen molar-refractivity contribution < 1.29 is 25.9 Å². The van der Waals surface area contributed by atoms with Gasteiger partial charge < -0.3 is 9.80 Å². The number of fused-ring (bicyclic) bond motifs is 2. The summed E-state index contributed by atoms with van der Waals surface area (Å²) in [5.41, 5.74) is 1.91. The fourth-order valence-electron chi connectivity index (χ4n) is 4.19. The summed E-state index contributed by atoms with van der Waals surface area (Å²) in [5.74, 6) is -0.577. The monoisotopic (exact) mass is 624 g/mol. The van der Waals surface area contributed by atoms with Gasteiger partial charge in [0.2, 0.25) is 0 Å². The summed E-state index contributed by atoms with van der Waals surface area (Å²) in [7, 11) is -8.03. The van der Waals surface area contributed by atoms with Gasteiger partial charge in [-0.25, -0.2) is 0 Å². The van der Waals surface area contributed by atoms with Crippen molar-refractivity contribution in [3.63, 3.8) is 0 Å². The minimum Gasteiger partial charge on any atom is -0.355 e. The molecule has 2 N–H and O–H groups in total. The van der Waals surface area contributed by atoms with E-state index in [0.717, 1.165) is 26.2 Å².